The maximum atomic E-state index is 13.0. The molecular formula is C23H24N2O4. The summed E-state index contributed by atoms with van der Waals surface area (Å²) in [5, 5.41) is 0. The molecule has 2 aromatic rings. The lowest BCUT2D eigenvalue weighted by Crippen LogP contribution is -2.43. The number of rotatable bonds is 4. The Morgan fingerprint density at radius 1 is 1.10 bits per heavy atom. The van der Waals surface area contributed by atoms with Crippen LogP contribution in [0.2, 0.25) is 0 Å². The van der Waals surface area contributed by atoms with Crippen LogP contribution in [0.25, 0.3) is 0 Å². The second-order valence-electron chi connectivity index (χ2n) is 7.63. The van der Waals surface area contributed by atoms with Gasteiger partial charge in [-0.2, -0.15) is 0 Å². The maximum Gasteiger partial charge on any atom is 0.338 e. The predicted octanol–water partition coefficient (Wildman–Crippen LogP) is 3.34. The van der Waals surface area contributed by atoms with Crippen molar-refractivity contribution in [1.29, 1.82) is 0 Å². The van der Waals surface area contributed by atoms with Crippen molar-refractivity contribution in [3.8, 4) is 0 Å². The zero-order chi connectivity index (χ0) is 20.5. The van der Waals surface area contributed by atoms with Crippen LogP contribution in [0.1, 0.15) is 42.6 Å². The summed E-state index contributed by atoms with van der Waals surface area (Å²) in [6.45, 7) is 4.29. The monoisotopic (exact) mass is 392 g/mol. The first kappa shape index (κ1) is 19.2. The molecule has 29 heavy (non-hydrogen) atoms. The van der Waals surface area contributed by atoms with E-state index in [4.69, 9.17) is 4.74 Å². The van der Waals surface area contributed by atoms with Crippen molar-refractivity contribution < 1.29 is 19.1 Å². The number of fused-ring (bicyclic) bond motifs is 1. The molecule has 0 aliphatic carbocycles. The number of carbonyl (C=O) groups excluding carboxylic acids is 3. The Labute approximate surface area is 170 Å². The molecule has 0 saturated carbocycles. The third kappa shape index (κ3) is 3.62. The van der Waals surface area contributed by atoms with Crippen molar-refractivity contribution in [2.45, 2.75) is 45.3 Å². The van der Waals surface area contributed by atoms with Gasteiger partial charge in [-0.3, -0.25) is 9.59 Å². The number of ether oxygens (including phenoxy) is 1. The van der Waals surface area contributed by atoms with Crippen LogP contribution in [0.4, 0.5) is 11.4 Å². The number of anilines is 2. The van der Waals surface area contributed by atoms with Crippen LogP contribution in [-0.4, -0.2) is 36.5 Å². The fourth-order valence-corrected chi connectivity index (χ4v) is 4.07. The van der Waals surface area contributed by atoms with E-state index < -0.39 is 12.1 Å². The first-order valence-corrected chi connectivity index (χ1v) is 9.98. The molecule has 2 heterocycles. The normalized spacial score (nSPS) is 19.2. The van der Waals surface area contributed by atoms with E-state index in [1.165, 1.54) is 0 Å². The van der Waals surface area contributed by atoms with Gasteiger partial charge in [-0.15, -0.1) is 0 Å². The van der Waals surface area contributed by atoms with Crippen LogP contribution >= 0.6 is 0 Å². The smallest absolute Gasteiger partial charge is 0.338 e. The topological polar surface area (TPSA) is 66.9 Å². The van der Waals surface area contributed by atoms with Crippen molar-refractivity contribution in [3.05, 3.63) is 59.7 Å². The molecule has 0 spiro atoms. The Hall–Kier alpha value is -3.15. The molecule has 0 aromatic heterocycles. The second kappa shape index (κ2) is 7.70. The molecule has 0 unspecified atom stereocenters. The van der Waals surface area contributed by atoms with Crippen molar-refractivity contribution in [2.24, 2.45) is 0 Å². The molecule has 4 rings (SSSR count). The predicted molar refractivity (Wildman–Crippen MR) is 110 cm³/mol. The van der Waals surface area contributed by atoms with E-state index in [2.05, 4.69) is 0 Å². The Morgan fingerprint density at radius 2 is 1.83 bits per heavy atom. The Bertz CT molecular complexity index is 954. The molecule has 0 radical (unpaired) electrons. The third-order valence-corrected chi connectivity index (χ3v) is 5.56. The average Bonchev–Trinajstić information content (AvgIpc) is 3.29. The Kier molecular flexibility index (Phi) is 5.09. The third-order valence-electron chi connectivity index (χ3n) is 5.56. The van der Waals surface area contributed by atoms with E-state index in [0.717, 1.165) is 29.8 Å². The highest BCUT2D eigenvalue weighted by molar-refractivity contribution is 6.01. The number of hydrogen-bond donors (Lipinski definition) is 0. The van der Waals surface area contributed by atoms with E-state index in [1.807, 2.05) is 31.2 Å². The van der Waals surface area contributed by atoms with E-state index in [1.54, 1.807) is 41.0 Å². The minimum absolute atomic E-state index is 0.0262. The zero-order valence-electron chi connectivity index (χ0n) is 16.6. The first-order valence-electron chi connectivity index (χ1n) is 9.98. The number of nitrogens with zero attached hydrogens (tertiary/aromatic N) is 2. The molecule has 0 bridgehead atoms. The van der Waals surface area contributed by atoms with Crippen molar-refractivity contribution in [1.82, 2.24) is 0 Å². The van der Waals surface area contributed by atoms with Gasteiger partial charge in [0.05, 0.1) is 5.56 Å². The highest BCUT2D eigenvalue weighted by atomic mass is 16.5. The number of hydrogen-bond acceptors (Lipinski definition) is 4. The second-order valence-corrected chi connectivity index (χ2v) is 7.63. The largest absolute Gasteiger partial charge is 0.449 e. The lowest BCUT2D eigenvalue weighted by atomic mass is 10.1. The molecule has 2 amide bonds. The van der Waals surface area contributed by atoms with E-state index >= 15 is 0 Å². The zero-order valence-corrected chi connectivity index (χ0v) is 16.6. The van der Waals surface area contributed by atoms with Crippen LogP contribution in [0.15, 0.2) is 48.5 Å². The molecule has 2 aromatic carbocycles. The summed E-state index contributed by atoms with van der Waals surface area (Å²) in [5.74, 6) is -0.681. The summed E-state index contributed by atoms with van der Waals surface area (Å²) in [5.41, 5.74) is 3.14. The van der Waals surface area contributed by atoms with Gasteiger partial charge in [0, 0.05) is 30.4 Å². The minimum Gasteiger partial charge on any atom is -0.449 e. The van der Waals surface area contributed by atoms with Crippen LogP contribution in [0, 0.1) is 0 Å². The summed E-state index contributed by atoms with van der Waals surface area (Å²) < 4.78 is 5.45. The molecule has 6 heteroatoms. The standard InChI is InChI=1S/C23H24N2O4/c1-15-14-18-6-3-4-7-20(18)25(15)22(27)16(2)29-23(28)17-9-11-19(12-10-17)24-13-5-8-21(24)26/h3-4,6-7,9-12,15-16H,5,8,13-14H2,1-2H3/t15-,16-/m0/s1. The van der Waals surface area contributed by atoms with Gasteiger partial charge in [0.15, 0.2) is 6.10 Å². The van der Waals surface area contributed by atoms with Gasteiger partial charge < -0.3 is 14.5 Å². The lowest BCUT2D eigenvalue weighted by Gasteiger charge is -2.26. The highest BCUT2D eigenvalue weighted by Crippen LogP contribution is 2.32. The maximum absolute atomic E-state index is 13.0. The summed E-state index contributed by atoms with van der Waals surface area (Å²) in [7, 11) is 0. The molecule has 2 aliphatic rings. The van der Waals surface area contributed by atoms with Gasteiger partial charge in [0.25, 0.3) is 5.91 Å². The van der Waals surface area contributed by atoms with Crippen molar-refractivity contribution in [3.63, 3.8) is 0 Å². The molecule has 1 saturated heterocycles. The molecule has 6 nitrogen and oxygen atoms in total. The molecule has 150 valence electrons. The Balaban J connectivity index is 1.43. The molecular weight excluding hydrogens is 368 g/mol. The first-order chi connectivity index (χ1) is 14.0. The molecule has 0 N–H and O–H groups in total. The van der Waals surface area contributed by atoms with Crippen LogP contribution in [0.3, 0.4) is 0 Å². The highest BCUT2D eigenvalue weighted by Gasteiger charge is 2.34. The van der Waals surface area contributed by atoms with Gasteiger partial charge in [0.2, 0.25) is 5.91 Å². The van der Waals surface area contributed by atoms with Gasteiger partial charge in [0.1, 0.15) is 0 Å². The lowest BCUT2D eigenvalue weighted by molar-refractivity contribution is -0.126. The van der Waals surface area contributed by atoms with Gasteiger partial charge in [-0.05, 0) is 62.6 Å². The number of benzene rings is 2. The summed E-state index contributed by atoms with van der Waals surface area (Å²) >= 11 is 0. The number of para-hydroxylation sites is 1. The van der Waals surface area contributed by atoms with E-state index in [9.17, 15) is 14.4 Å². The van der Waals surface area contributed by atoms with Crippen LogP contribution in [-0.2, 0) is 20.7 Å². The summed E-state index contributed by atoms with van der Waals surface area (Å²) in [6, 6.07) is 14.6. The molecule has 1 fully saturated rings. The SMILES string of the molecule is C[C@H](OC(=O)c1ccc(N2CCCC2=O)cc1)C(=O)N1c2ccccc2C[C@@H]1C. The van der Waals surface area contributed by atoms with Crippen molar-refractivity contribution >= 4 is 29.2 Å². The number of esters is 1. The Morgan fingerprint density at radius 3 is 2.52 bits per heavy atom. The van der Waals surface area contributed by atoms with Crippen LogP contribution in [0.5, 0.6) is 0 Å². The quantitative estimate of drug-likeness (QED) is 0.749. The fourth-order valence-electron chi connectivity index (χ4n) is 4.07. The van der Waals surface area contributed by atoms with Crippen molar-refractivity contribution in [2.75, 3.05) is 16.3 Å². The summed E-state index contributed by atoms with van der Waals surface area (Å²) in [6.07, 6.45) is 1.30. The van der Waals surface area contributed by atoms with Crippen LogP contribution < -0.4 is 9.80 Å². The fraction of sp³-hybridized carbons (Fsp3) is 0.348. The summed E-state index contributed by atoms with van der Waals surface area (Å²) in [4.78, 5) is 40.8. The number of amides is 2. The van der Waals surface area contributed by atoms with Gasteiger partial charge >= 0.3 is 5.97 Å². The molecule has 2 atom stereocenters. The van der Waals surface area contributed by atoms with E-state index in [0.29, 0.717) is 18.5 Å². The van der Waals surface area contributed by atoms with Gasteiger partial charge in [-0.1, -0.05) is 18.2 Å². The molecule has 2 aliphatic heterocycles. The number of carbonyl (C=O) groups is 3. The average molecular weight is 392 g/mol. The van der Waals surface area contributed by atoms with Gasteiger partial charge in [-0.25, -0.2) is 4.79 Å². The van der Waals surface area contributed by atoms with E-state index in [-0.39, 0.29) is 17.9 Å². The minimum atomic E-state index is -0.893.